The first-order valence-corrected chi connectivity index (χ1v) is 8.62. The summed E-state index contributed by atoms with van der Waals surface area (Å²) in [6.07, 6.45) is 3.99. The van der Waals surface area contributed by atoms with E-state index in [-0.39, 0.29) is 0 Å². The number of hydrogen-bond acceptors (Lipinski definition) is 3. The van der Waals surface area contributed by atoms with E-state index in [4.69, 9.17) is 11.6 Å². The Morgan fingerprint density at radius 2 is 1.90 bits per heavy atom. The second-order valence-electron chi connectivity index (χ2n) is 6.26. The van der Waals surface area contributed by atoms with Gasteiger partial charge in [-0.15, -0.1) is 0 Å². The zero-order chi connectivity index (χ0) is 14.5. The molecule has 2 fully saturated rings. The van der Waals surface area contributed by atoms with Crippen LogP contribution in [0.3, 0.4) is 0 Å². The predicted octanol–water partition coefficient (Wildman–Crippen LogP) is 2.68. The minimum atomic E-state index is 0.425. The number of piperidine rings is 1. The molecule has 3 nitrogen and oxygen atoms in total. The summed E-state index contributed by atoms with van der Waals surface area (Å²) < 4.78 is 0. The van der Waals surface area contributed by atoms with Gasteiger partial charge in [0.05, 0.1) is 0 Å². The lowest BCUT2D eigenvalue weighted by molar-refractivity contribution is 0.146. The van der Waals surface area contributed by atoms with E-state index in [0.29, 0.717) is 6.04 Å². The summed E-state index contributed by atoms with van der Waals surface area (Å²) >= 11 is 6.41. The van der Waals surface area contributed by atoms with Crippen LogP contribution in [0.25, 0.3) is 0 Å². The van der Waals surface area contributed by atoms with Gasteiger partial charge in [0.2, 0.25) is 0 Å². The second-order valence-corrected chi connectivity index (χ2v) is 6.67. The molecule has 2 aliphatic heterocycles. The molecule has 0 spiro atoms. The van der Waals surface area contributed by atoms with E-state index in [1.54, 1.807) is 0 Å². The van der Waals surface area contributed by atoms with Gasteiger partial charge in [0.25, 0.3) is 0 Å². The number of hydrogen-bond donors (Lipinski definition) is 2. The molecule has 0 saturated carbocycles. The minimum Gasteiger partial charge on any atom is -0.317 e. The normalized spacial score (nSPS) is 25.1. The van der Waals surface area contributed by atoms with Crippen LogP contribution in [0.2, 0.25) is 5.02 Å². The first kappa shape index (κ1) is 15.3. The number of nitrogens with zero attached hydrogens (tertiary/aromatic N) is 1. The Hall–Kier alpha value is -0.610. The summed E-state index contributed by atoms with van der Waals surface area (Å²) in [5.41, 5.74) is 1.27. The van der Waals surface area contributed by atoms with Crippen LogP contribution in [-0.2, 0) is 0 Å². The van der Waals surface area contributed by atoms with E-state index >= 15 is 0 Å². The van der Waals surface area contributed by atoms with Crippen LogP contribution < -0.4 is 10.6 Å². The Morgan fingerprint density at radius 1 is 1.10 bits per heavy atom. The zero-order valence-corrected chi connectivity index (χ0v) is 13.4. The van der Waals surface area contributed by atoms with E-state index in [0.717, 1.165) is 30.6 Å². The van der Waals surface area contributed by atoms with Crippen molar-refractivity contribution in [3.05, 3.63) is 34.9 Å². The molecule has 3 rings (SSSR count). The van der Waals surface area contributed by atoms with Crippen molar-refractivity contribution < 1.29 is 0 Å². The highest BCUT2D eigenvalue weighted by molar-refractivity contribution is 6.31. The van der Waals surface area contributed by atoms with Crippen molar-refractivity contribution in [2.45, 2.75) is 25.3 Å². The van der Waals surface area contributed by atoms with Gasteiger partial charge in [0.15, 0.2) is 0 Å². The molecule has 0 aromatic heterocycles. The summed E-state index contributed by atoms with van der Waals surface area (Å²) in [4.78, 5) is 2.62. The van der Waals surface area contributed by atoms with E-state index in [1.165, 1.54) is 44.5 Å². The predicted molar refractivity (Wildman–Crippen MR) is 88.8 cm³/mol. The summed E-state index contributed by atoms with van der Waals surface area (Å²) in [5, 5.41) is 7.87. The fourth-order valence-electron chi connectivity index (χ4n) is 3.58. The molecule has 1 unspecified atom stereocenters. The molecule has 4 heteroatoms. The maximum Gasteiger partial charge on any atom is 0.0487 e. The molecule has 2 aliphatic rings. The molecule has 2 saturated heterocycles. The van der Waals surface area contributed by atoms with E-state index in [2.05, 4.69) is 27.7 Å². The van der Waals surface area contributed by atoms with Crippen LogP contribution in [0, 0.1) is 5.92 Å². The van der Waals surface area contributed by atoms with Gasteiger partial charge in [-0.3, -0.25) is 4.90 Å². The Morgan fingerprint density at radius 3 is 2.71 bits per heavy atom. The molecule has 0 bridgehead atoms. The fourth-order valence-corrected chi connectivity index (χ4v) is 3.85. The largest absolute Gasteiger partial charge is 0.317 e. The van der Waals surface area contributed by atoms with E-state index in [9.17, 15) is 0 Å². The minimum absolute atomic E-state index is 0.425. The van der Waals surface area contributed by atoms with Crippen molar-refractivity contribution in [3.8, 4) is 0 Å². The summed E-state index contributed by atoms with van der Waals surface area (Å²) in [5.74, 6) is 0.896. The van der Waals surface area contributed by atoms with Gasteiger partial charge < -0.3 is 10.6 Å². The molecule has 1 aromatic rings. The highest BCUT2D eigenvalue weighted by atomic mass is 35.5. The van der Waals surface area contributed by atoms with Crippen LogP contribution >= 0.6 is 11.6 Å². The van der Waals surface area contributed by atoms with Gasteiger partial charge >= 0.3 is 0 Å². The van der Waals surface area contributed by atoms with Crippen LogP contribution in [-0.4, -0.2) is 44.2 Å². The lowest BCUT2D eigenvalue weighted by Crippen LogP contribution is -2.46. The lowest BCUT2D eigenvalue weighted by atomic mass is 9.93. The molecule has 1 aromatic carbocycles. The van der Waals surface area contributed by atoms with Crippen LogP contribution in [0.1, 0.15) is 30.9 Å². The monoisotopic (exact) mass is 307 g/mol. The van der Waals surface area contributed by atoms with Crippen LogP contribution in [0.4, 0.5) is 0 Å². The third kappa shape index (κ3) is 3.98. The highest BCUT2D eigenvalue weighted by Gasteiger charge is 2.26. The number of rotatable bonds is 4. The average molecular weight is 308 g/mol. The van der Waals surface area contributed by atoms with Crippen molar-refractivity contribution in [2.24, 2.45) is 5.92 Å². The Balaban J connectivity index is 1.62. The first-order valence-electron chi connectivity index (χ1n) is 8.24. The van der Waals surface area contributed by atoms with Gasteiger partial charge in [-0.25, -0.2) is 0 Å². The van der Waals surface area contributed by atoms with Gasteiger partial charge in [-0.05, 0) is 56.4 Å². The maximum atomic E-state index is 6.41. The van der Waals surface area contributed by atoms with Crippen molar-refractivity contribution in [1.29, 1.82) is 0 Å². The third-order valence-electron chi connectivity index (χ3n) is 4.90. The molecule has 2 heterocycles. The molecule has 2 N–H and O–H groups in total. The van der Waals surface area contributed by atoms with Crippen molar-refractivity contribution in [3.63, 3.8) is 0 Å². The van der Waals surface area contributed by atoms with Crippen molar-refractivity contribution in [2.75, 3.05) is 39.3 Å². The van der Waals surface area contributed by atoms with Crippen LogP contribution in [0.15, 0.2) is 24.3 Å². The lowest BCUT2D eigenvalue weighted by Gasteiger charge is -2.38. The molecular weight excluding hydrogens is 282 g/mol. The fraction of sp³-hybridized carbons (Fsp3) is 0.647. The van der Waals surface area contributed by atoms with Gasteiger partial charge in [-0.2, -0.15) is 0 Å². The van der Waals surface area contributed by atoms with Crippen molar-refractivity contribution >= 4 is 11.6 Å². The zero-order valence-electron chi connectivity index (χ0n) is 12.7. The molecule has 0 amide bonds. The number of nitrogens with one attached hydrogen (secondary N) is 2. The number of halogens is 1. The molecule has 21 heavy (non-hydrogen) atoms. The van der Waals surface area contributed by atoms with E-state index < -0.39 is 0 Å². The summed E-state index contributed by atoms with van der Waals surface area (Å²) in [6, 6.07) is 8.73. The van der Waals surface area contributed by atoms with Gasteiger partial charge in [0.1, 0.15) is 0 Å². The SMILES string of the molecule is Clc1ccccc1C1CNCCN1CCC1CCNCC1. The smallest absolute Gasteiger partial charge is 0.0487 e. The molecule has 0 radical (unpaired) electrons. The molecule has 1 atom stereocenters. The molecule has 116 valence electrons. The Bertz CT molecular complexity index is 445. The topological polar surface area (TPSA) is 27.3 Å². The quantitative estimate of drug-likeness (QED) is 0.895. The van der Waals surface area contributed by atoms with Crippen molar-refractivity contribution in [1.82, 2.24) is 15.5 Å². The molecule has 0 aliphatic carbocycles. The number of piperazine rings is 1. The van der Waals surface area contributed by atoms with E-state index in [1.807, 2.05) is 12.1 Å². The maximum absolute atomic E-state index is 6.41. The number of benzene rings is 1. The standard InChI is InChI=1S/C17H26ClN3/c18-16-4-2-1-3-15(16)17-13-20-10-12-21(17)11-7-14-5-8-19-9-6-14/h1-4,14,17,19-20H,5-13H2. The van der Waals surface area contributed by atoms with Gasteiger partial charge in [-0.1, -0.05) is 29.8 Å². The Kier molecular flexibility index (Phi) is 5.53. The molecular formula is C17H26ClN3. The van der Waals surface area contributed by atoms with Gasteiger partial charge in [0, 0.05) is 30.7 Å². The highest BCUT2D eigenvalue weighted by Crippen LogP contribution is 2.29. The third-order valence-corrected chi connectivity index (χ3v) is 5.25. The Labute approximate surface area is 133 Å². The van der Waals surface area contributed by atoms with Crippen LogP contribution in [0.5, 0.6) is 0 Å². The average Bonchev–Trinajstić information content (AvgIpc) is 2.55. The second kappa shape index (κ2) is 7.59. The first-order chi connectivity index (χ1) is 10.3. The summed E-state index contributed by atoms with van der Waals surface area (Å²) in [6.45, 7) is 6.81. The summed E-state index contributed by atoms with van der Waals surface area (Å²) in [7, 11) is 0.